The second-order valence-corrected chi connectivity index (χ2v) is 6.29. The van der Waals surface area contributed by atoms with E-state index in [1.165, 1.54) is 4.88 Å². The Morgan fingerprint density at radius 1 is 1.56 bits per heavy atom. The minimum atomic E-state index is -0.292. The average Bonchev–Trinajstić information content (AvgIpc) is 2.81. The molecular weight excluding hydrogens is 244 g/mol. The lowest BCUT2D eigenvalue weighted by Crippen LogP contribution is -2.54. The van der Waals surface area contributed by atoms with Crippen molar-refractivity contribution in [2.75, 3.05) is 6.54 Å². The molecule has 0 bridgehead atoms. The van der Waals surface area contributed by atoms with Crippen LogP contribution >= 0.6 is 11.3 Å². The van der Waals surface area contributed by atoms with Gasteiger partial charge in [0.1, 0.15) is 0 Å². The monoisotopic (exact) mass is 268 g/mol. The van der Waals surface area contributed by atoms with Crippen LogP contribution in [0.4, 0.5) is 0 Å². The zero-order chi connectivity index (χ0) is 13.6. The van der Waals surface area contributed by atoms with Crippen molar-refractivity contribution in [3.05, 3.63) is 22.4 Å². The highest BCUT2D eigenvalue weighted by molar-refractivity contribution is 7.09. The molecule has 3 nitrogen and oxygen atoms in total. The van der Waals surface area contributed by atoms with Crippen molar-refractivity contribution >= 4 is 17.2 Å². The van der Waals surface area contributed by atoms with Gasteiger partial charge in [0.05, 0.1) is 5.54 Å². The summed E-state index contributed by atoms with van der Waals surface area (Å²) in [6.07, 6.45) is 2.44. The van der Waals surface area contributed by atoms with E-state index < -0.39 is 0 Å². The smallest absolute Gasteiger partial charge is 0.220 e. The molecule has 1 amide bonds. The highest BCUT2D eigenvalue weighted by Gasteiger charge is 2.28. The van der Waals surface area contributed by atoms with E-state index in [0.29, 0.717) is 18.9 Å². The number of hydrogen-bond acceptors (Lipinski definition) is 3. The molecule has 1 rings (SSSR count). The molecule has 102 valence electrons. The second kappa shape index (κ2) is 6.90. The molecular formula is C14H24N2OS. The molecule has 0 aliphatic heterocycles. The molecule has 1 atom stereocenters. The number of hydrogen-bond donors (Lipinski definition) is 2. The van der Waals surface area contributed by atoms with Crippen LogP contribution in [-0.2, 0) is 11.2 Å². The molecule has 0 aliphatic carbocycles. The van der Waals surface area contributed by atoms with Gasteiger partial charge in [0.2, 0.25) is 5.91 Å². The Morgan fingerprint density at radius 2 is 2.28 bits per heavy atom. The third kappa shape index (κ3) is 4.42. The van der Waals surface area contributed by atoms with Gasteiger partial charge in [-0.2, -0.15) is 0 Å². The van der Waals surface area contributed by atoms with Gasteiger partial charge in [-0.3, -0.25) is 4.79 Å². The van der Waals surface area contributed by atoms with E-state index in [9.17, 15) is 4.79 Å². The molecule has 1 aromatic heterocycles. The molecule has 0 aliphatic rings. The fraction of sp³-hybridized carbons (Fsp3) is 0.643. The minimum Gasteiger partial charge on any atom is -0.349 e. The summed E-state index contributed by atoms with van der Waals surface area (Å²) in [6, 6.07) is 4.16. The van der Waals surface area contributed by atoms with E-state index in [4.69, 9.17) is 5.73 Å². The molecule has 1 aromatic rings. The van der Waals surface area contributed by atoms with Crippen molar-refractivity contribution in [1.29, 1.82) is 0 Å². The van der Waals surface area contributed by atoms with Crippen LogP contribution in [0, 0.1) is 5.92 Å². The van der Waals surface area contributed by atoms with Gasteiger partial charge in [-0.25, -0.2) is 0 Å². The first kappa shape index (κ1) is 15.2. The Morgan fingerprint density at radius 3 is 2.78 bits per heavy atom. The van der Waals surface area contributed by atoms with Crippen LogP contribution in [-0.4, -0.2) is 18.0 Å². The molecule has 4 heteroatoms. The van der Waals surface area contributed by atoms with Gasteiger partial charge in [-0.05, 0) is 37.1 Å². The number of nitrogens with one attached hydrogen (secondary N) is 1. The summed E-state index contributed by atoms with van der Waals surface area (Å²) in [5.41, 5.74) is 5.46. The Labute approximate surface area is 114 Å². The summed E-state index contributed by atoms with van der Waals surface area (Å²) in [5.74, 6) is 0.442. The van der Waals surface area contributed by atoms with E-state index in [0.717, 1.165) is 12.8 Å². The Hall–Kier alpha value is -0.870. The van der Waals surface area contributed by atoms with Gasteiger partial charge in [-0.15, -0.1) is 11.3 Å². The molecule has 0 saturated heterocycles. The Balaban J connectivity index is 2.33. The third-order valence-electron chi connectivity index (χ3n) is 3.53. The summed E-state index contributed by atoms with van der Waals surface area (Å²) in [5, 5.41) is 5.13. The molecule has 0 spiro atoms. The van der Waals surface area contributed by atoms with Gasteiger partial charge < -0.3 is 11.1 Å². The summed E-state index contributed by atoms with van der Waals surface area (Å²) >= 11 is 1.75. The van der Waals surface area contributed by atoms with Crippen LogP contribution in [0.1, 0.15) is 38.5 Å². The highest BCUT2D eigenvalue weighted by atomic mass is 32.1. The van der Waals surface area contributed by atoms with E-state index in [1.54, 1.807) is 11.3 Å². The van der Waals surface area contributed by atoms with Gasteiger partial charge >= 0.3 is 0 Å². The van der Waals surface area contributed by atoms with Crippen molar-refractivity contribution in [2.24, 2.45) is 11.7 Å². The number of rotatable bonds is 7. The molecule has 0 fully saturated rings. The van der Waals surface area contributed by atoms with Crippen LogP contribution in [0.25, 0.3) is 0 Å². The first-order chi connectivity index (χ1) is 8.48. The SMILES string of the molecule is CC(C)C(C)(CN)NC(=O)CCCc1cccs1. The zero-order valence-electron chi connectivity index (χ0n) is 11.5. The van der Waals surface area contributed by atoms with E-state index in [1.807, 2.05) is 13.0 Å². The fourth-order valence-corrected chi connectivity index (χ4v) is 2.44. The first-order valence-electron chi connectivity index (χ1n) is 6.51. The highest BCUT2D eigenvalue weighted by Crippen LogP contribution is 2.16. The second-order valence-electron chi connectivity index (χ2n) is 5.26. The molecule has 0 aromatic carbocycles. The zero-order valence-corrected chi connectivity index (χ0v) is 12.3. The van der Waals surface area contributed by atoms with Crippen LogP contribution in [0.2, 0.25) is 0 Å². The molecule has 18 heavy (non-hydrogen) atoms. The lowest BCUT2D eigenvalue weighted by Gasteiger charge is -2.33. The number of nitrogens with two attached hydrogens (primary N) is 1. The average molecular weight is 268 g/mol. The van der Waals surface area contributed by atoms with Crippen molar-refractivity contribution < 1.29 is 4.79 Å². The van der Waals surface area contributed by atoms with E-state index in [-0.39, 0.29) is 11.4 Å². The number of carbonyl (C=O) groups excluding carboxylic acids is 1. The van der Waals surface area contributed by atoms with Crippen molar-refractivity contribution in [3.63, 3.8) is 0 Å². The number of carbonyl (C=O) groups is 1. The van der Waals surface area contributed by atoms with Crippen molar-refractivity contribution in [3.8, 4) is 0 Å². The Kier molecular flexibility index (Phi) is 5.82. The molecule has 0 saturated carbocycles. The molecule has 0 radical (unpaired) electrons. The number of amides is 1. The topological polar surface area (TPSA) is 55.1 Å². The molecule has 3 N–H and O–H groups in total. The molecule has 1 heterocycles. The quantitative estimate of drug-likeness (QED) is 0.798. The van der Waals surface area contributed by atoms with Crippen molar-refractivity contribution in [1.82, 2.24) is 5.32 Å². The predicted octanol–water partition coefficient (Wildman–Crippen LogP) is 2.56. The summed E-state index contributed by atoms with van der Waals surface area (Å²) < 4.78 is 0. The standard InChI is InChI=1S/C14H24N2OS/c1-11(2)14(3,10-15)16-13(17)8-4-6-12-7-5-9-18-12/h5,7,9,11H,4,6,8,10,15H2,1-3H3,(H,16,17). The maximum Gasteiger partial charge on any atom is 0.220 e. The minimum absolute atomic E-state index is 0.105. The van der Waals surface area contributed by atoms with Crippen LogP contribution in [0.5, 0.6) is 0 Å². The van der Waals surface area contributed by atoms with Crippen LogP contribution in [0.15, 0.2) is 17.5 Å². The van der Waals surface area contributed by atoms with E-state index in [2.05, 4.69) is 30.6 Å². The third-order valence-corrected chi connectivity index (χ3v) is 4.47. The van der Waals surface area contributed by atoms with Gasteiger partial charge in [0.15, 0.2) is 0 Å². The number of thiophene rings is 1. The number of aryl methyl sites for hydroxylation is 1. The lowest BCUT2D eigenvalue weighted by molar-refractivity contribution is -0.123. The summed E-state index contributed by atoms with van der Waals surface area (Å²) in [4.78, 5) is 13.2. The van der Waals surface area contributed by atoms with Crippen molar-refractivity contribution in [2.45, 2.75) is 45.6 Å². The first-order valence-corrected chi connectivity index (χ1v) is 7.39. The fourth-order valence-electron chi connectivity index (χ4n) is 1.69. The van der Waals surface area contributed by atoms with Crippen LogP contribution < -0.4 is 11.1 Å². The van der Waals surface area contributed by atoms with Crippen LogP contribution in [0.3, 0.4) is 0 Å². The maximum absolute atomic E-state index is 11.9. The maximum atomic E-state index is 11.9. The normalized spacial score (nSPS) is 14.5. The summed E-state index contributed by atoms with van der Waals surface area (Å²) in [7, 11) is 0. The summed E-state index contributed by atoms with van der Waals surface area (Å²) in [6.45, 7) is 6.65. The van der Waals surface area contributed by atoms with E-state index >= 15 is 0 Å². The van der Waals surface area contributed by atoms with Gasteiger partial charge in [0.25, 0.3) is 0 Å². The molecule has 1 unspecified atom stereocenters. The predicted molar refractivity (Wildman–Crippen MR) is 77.7 cm³/mol. The lowest BCUT2D eigenvalue weighted by atomic mass is 9.88. The van der Waals surface area contributed by atoms with Gasteiger partial charge in [0, 0.05) is 17.8 Å². The van der Waals surface area contributed by atoms with Gasteiger partial charge in [-0.1, -0.05) is 19.9 Å². The largest absolute Gasteiger partial charge is 0.349 e. The Bertz CT molecular complexity index is 362.